The highest BCUT2D eigenvalue weighted by molar-refractivity contribution is 7.16. The molecule has 1 fully saturated rings. The van der Waals surface area contributed by atoms with Crippen molar-refractivity contribution < 1.29 is 4.52 Å². The summed E-state index contributed by atoms with van der Waals surface area (Å²) in [6.45, 7) is 3.14. The zero-order valence-electron chi connectivity index (χ0n) is 14.3. The number of nitrogens with zero attached hydrogens (tertiary/aromatic N) is 6. The van der Waals surface area contributed by atoms with Gasteiger partial charge in [0.05, 0.1) is 12.2 Å². The summed E-state index contributed by atoms with van der Waals surface area (Å²) >= 11 is 1.52. The lowest BCUT2D eigenvalue weighted by molar-refractivity contribution is 0.258. The zero-order valence-corrected chi connectivity index (χ0v) is 15.1. The van der Waals surface area contributed by atoms with Gasteiger partial charge in [-0.05, 0) is 26.3 Å². The average molecular weight is 360 g/mol. The number of fused-ring (bicyclic) bond motifs is 1. The number of hydrogen-bond donors (Lipinski definition) is 0. The summed E-state index contributed by atoms with van der Waals surface area (Å²) in [4.78, 5) is 23.9. The summed E-state index contributed by atoms with van der Waals surface area (Å²) in [7, 11) is 1.94. The maximum atomic E-state index is 12.3. The first-order chi connectivity index (χ1) is 12.1. The van der Waals surface area contributed by atoms with Gasteiger partial charge in [0.25, 0.3) is 5.56 Å². The van der Waals surface area contributed by atoms with Crippen molar-refractivity contribution in [2.75, 3.05) is 7.05 Å². The number of hydrogen-bond acceptors (Lipinski definition) is 8. The van der Waals surface area contributed by atoms with Crippen LogP contribution in [0.4, 0.5) is 0 Å². The molecule has 0 atom stereocenters. The molecule has 0 N–H and O–H groups in total. The van der Waals surface area contributed by atoms with Crippen LogP contribution in [-0.2, 0) is 19.5 Å². The minimum atomic E-state index is -0.125. The molecule has 1 aliphatic rings. The first-order valence-corrected chi connectivity index (χ1v) is 9.33. The maximum Gasteiger partial charge on any atom is 0.275 e. The van der Waals surface area contributed by atoms with Crippen LogP contribution < -0.4 is 5.56 Å². The predicted octanol–water partition coefficient (Wildman–Crippen LogP) is 2.00. The molecule has 3 heterocycles. The van der Waals surface area contributed by atoms with Crippen molar-refractivity contribution in [2.24, 2.45) is 0 Å². The summed E-state index contributed by atoms with van der Waals surface area (Å²) in [5.41, 5.74) is 0.603. The monoisotopic (exact) mass is 360 g/mol. The molecule has 25 heavy (non-hydrogen) atoms. The normalized spacial score (nSPS) is 14.7. The van der Waals surface area contributed by atoms with E-state index < -0.39 is 0 Å². The molecule has 3 aromatic rings. The van der Waals surface area contributed by atoms with Crippen LogP contribution in [0.25, 0.3) is 4.96 Å². The van der Waals surface area contributed by atoms with Crippen LogP contribution in [-0.4, -0.2) is 36.7 Å². The van der Waals surface area contributed by atoms with E-state index in [4.69, 9.17) is 4.52 Å². The smallest absolute Gasteiger partial charge is 0.275 e. The van der Waals surface area contributed by atoms with Crippen LogP contribution >= 0.6 is 11.3 Å². The Kier molecular flexibility index (Phi) is 4.34. The Morgan fingerprint density at radius 1 is 1.36 bits per heavy atom. The molecule has 0 unspecified atom stereocenters. The van der Waals surface area contributed by atoms with Crippen LogP contribution in [0.15, 0.2) is 15.4 Å². The highest BCUT2D eigenvalue weighted by Gasteiger charge is 2.28. The van der Waals surface area contributed by atoms with Crippen molar-refractivity contribution in [3.63, 3.8) is 0 Å². The Balaban J connectivity index is 1.48. The van der Waals surface area contributed by atoms with E-state index in [-0.39, 0.29) is 5.56 Å². The van der Waals surface area contributed by atoms with Gasteiger partial charge in [0, 0.05) is 24.9 Å². The third-order valence-corrected chi connectivity index (χ3v) is 5.13. The molecule has 0 aliphatic heterocycles. The fourth-order valence-electron chi connectivity index (χ4n) is 2.69. The Bertz CT molecular complexity index is 942. The Morgan fingerprint density at radius 3 is 2.96 bits per heavy atom. The van der Waals surface area contributed by atoms with Crippen LogP contribution in [0.5, 0.6) is 0 Å². The molecule has 0 saturated heterocycles. The minimum absolute atomic E-state index is 0.125. The third kappa shape index (κ3) is 3.62. The molecule has 1 aliphatic carbocycles. The van der Waals surface area contributed by atoms with Gasteiger partial charge >= 0.3 is 0 Å². The molecule has 0 aromatic carbocycles. The highest BCUT2D eigenvalue weighted by atomic mass is 32.1. The van der Waals surface area contributed by atoms with Gasteiger partial charge in [-0.1, -0.05) is 23.4 Å². The largest absolute Gasteiger partial charge is 0.338 e. The van der Waals surface area contributed by atoms with Crippen molar-refractivity contribution in [1.29, 1.82) is 0 Å². The van der Waals surface area contributed by atoms with Crippen molar-refractivity contribution in [3.8, 4) is 0 Å². The van der Waals surface area contributed by atoms with E-state index in [2.05, 4.69) is 27.1 Å². The van der Waals surface area contributed by atoms with Gasteiger partial charge in [-0.15, -0.1) is 0 Å². The lowest BCUT2D eigenvalue weighted by Crippen LogP contribution is -2.22. The Hall–Kier alpha value is -2.13. The van der Waals surface area contributed by atoms with E-state index in [1.165, 1.54) is 15.9 Å². The second-order valence-corrected chi connectivity index (χ2v) is 7.51. The zero-order chi connectivity index (χ0) is 17.4. The van der Waals surface area contributed by atoms with Crippen LogP contribution in [0.2, 0.25) is 0 Å². The van der Waals surface area contributed by atoms with E-state index >= 15 is 0 Å². The molecule has 4 rings (SSSR count). The van der Waals surface area contributed by atoms with Crippen LogP contribution in [0, 0.1) is 0 Å². The topological polar surface area (TPSA) is 89.4 Å². The molecule has 0 radical (unpaired) electrons. The summed E-state index contributed by atoms with van der Waals surface area (Å²) < 4.78 is 6.67. The lowest BCUT2D eigenvalue weighted by Gasteiger charge is -2.12. The molecule has 0 bridgehead atoms. The number of rotatable bonds is 7. The molecule has 0 spiro atoms. The van der Waals surface area contributed by atoms with Crippen molar-refractivity contribution in [2.45, 2.75) is 51.6 Å². The summed E-state index contributed by atoms with van der Waals surface area (Å²) in [6, 6.07) is 1.55. The number of aryl methyl sites for hydroxylation is 1. The summed E-state index contributed by atoms with van der Waals surface area (Å²) in [5, 5.41) is 9.37. The second kappa shape index (κ2) is 6.64. The van der Waals surface area contributed by atoms with E-state index in [0.717, 1.165) is 42.2 Å². The first kappa shape index (κ1) is 16.3. The van der Waals surface area contributed by atoms with Gasteiger partial charge in [0.15, 0.2) is 5.82 Å². The van der Waals surface area contributed by atoms with E-state index in [9.17, 15) is 4.79 Å². The van der Waals surface area contributed by atoms with Gasteiger partial charge < -0.3 is 4.52 Å². The quantitative estimate of drug-likeness (QED) is 0.636. The molecule has 1 saturated carbocycles. The standard InChI is InChI=1S/C16H20N6O2S/c1-3-4-12-18-13(24-20-12)9-21(2)8-11-7-14(23)22-16(17-11)25-15(19-22)10-5-6-10/h7,10H,3-6,8-9H2,1-2H3. The average Bonchev–Trinajstić information content (AvgIpc) is 3.18. The van der Waals surface area contributed by atoms with Gasteiger partial charge in [0.2, 0.25) is 10.9 Å². The van der Waals surface area contributed by atoms with Gasteiger partial charge in [-0.3, -0.25) is 9.69 Å². The van der Waals surface area contributed by atoms with Crippen LogP contribution in [0.3, 0.4) is 0 Å². The van der Waals surface area contributed by atoms with Gasteiger partial charge in [0.1, 0.15) is 5.01 Å². The van der Waals surface area contributed by atoms with E-state index in [0.29, 0.717) is 29.9 Å². The SMILES string of the molecule is CCCc1noc(CN(C)Cc2cc(=O)n3nc(C4CC4)sc3n2)n1. The Labute approximate surface area is 148 Å². The maximum absolute atomic E-state index is 12.3. The molecule has 9 heteroatoms. The Morgan fingerprint density at radius 2 is 2.20 bits per heavy atom. The minimum Gasteiger partial charge on any atom is -0.338 e. The molecule has 8 nitrogen and oxygen atoms in total. The molecular weight excluding hydrogens is 340 g/mol. The molecular formula is C16H20N6O2S. The van der Waals surface area contributed by atoms with Crippen LogP contribution in [0.1, 0.15) is 54.5 Å². The summed E-state index contributed by atoms with van der Waals surface area (Å²) in [5.74, 6) is 1.84. The summed E-state index contributed by atoms with van der Waals surface area (Å²) in [6.07, 6.45) is 4.13. The second-order valence-electron chi connectivity index (χ2n) is 6.52. The molecule has 132 valence electrons. The predicted molar refractivity (Wildman–Crippen MR) is 92.6 cm³/mol. The fourth-order valence-corrected chi connectivity index (χ4v) is 3.78. The first-order valence-electron chi connectivity index (χ1n) is 8.52. The molecule has 0 amide bonds. The van der Waals surface area contributed by atoms with E-state index in [1.54, 1.807) is 6.07 Å². The van der Waals surface area contributed by atoms with Gasteiger partial charge in [-0.2, -0.15) is 14.6 Å². The van der Waals surface area contributed by atoms with Crippen molar-refractivity contribution >= 4 is 16.3 Å². The fraction of sp³-hybridized carbons (Fsp3) is 0.562. The van der Waals surface area contributed by atoms with Gasteiger partial charge in [-0.25, -0.2) is 4.98 Å². The third-order valence-electron chi connectivity index (χ3n) is 4.06. The van der Waals surface area contributed by atoms with E-state index in [1.807, 2.05) is 11.9 Å². The molecule has 3 aromatic heterocycles. The van der Waals surface area contributed by atoms with Crippen molar-refractivity contribution in [1.82, 2.24) is 29.6 Å². The number of aromatic nitrogens is 5. The lowest BCUT2D eigenvalue weighted by atomic mass is 10.3. The highest BCUT2D eigenvalue weighted by Crippen LogP contribution is 2.41. The van der Waals surface area contributed by atoms with Crippen molar-refractivity contribution in [3.05, 3.63) is 38.8 Å².